The van der Waals surface area contributed by atoms with Crippen molar-refractivity contribution in [2.75, 3.05) is 6.61 Å². The molecule has 0 N–H and O–H groups in total. The monoisotopic (exact) mass is 355 g/mol. The van der Waals surface area contributed by atoms with E-state index in [1.165, 1.54) is 4.90 Å². The van der Waals surface area contributed by atoms with E-state index in [-0.39, 0.29) is 13.2 Å². The highest BCUT2D eigenvalue weighted by molar-refractivity contribution is 5.89. The molecule has 136 valence electrons. The van der Waals surface area contributed by atoms with Gasteiger partial charge >= 0.3 is 12.1 Å². The van der Waals surface area contributed by atoms with Crippen molar-refractivity contribution in [2.45, 2.75) is 32.4 Å². The van der Waals surface area contributed by atoms with Crippen molar-refractivity contribution in [1.29, 1.82) is 0 Å². The minimum atomic E-state index is -0.935. The average molecular weight is 355 g/mol. The zero-order chi connectivity index (χ0) is 18.6. The maximum Gasteiger partial charge on any atom is 0.415 e. The zero-order valence-electron chi connectivity index (χ0n) is 14.8. The second-order valence-electron chi connectivity index (χ2n) is 6.39. The van der Waals surface area contributed by atoms with Crippen LogP contribution in [0.25, 0.3) is 0 Å². The van der Waals surface area contributed by atoms with E-state index in [1.807, 2.05) is 36.4 Å². The van der Waals surface area contributed by atoms with Crippen molar-refractivity contribution in [3.63, 3.8) is 0 Å². The van der Waals surface area contributed by atoms with Crippen molar-refractivity contribution in [2.24, 2.45) is 0 Å². The molecule has 0 saturated carbocycles. The minimum Gasteiger partial charge on any atom is -0.444 e. The lowest BCUT2D eigenvalue weighted by Crippen LogP contribution is -2.49. The van der Waals surface area contributed by atoms with Crippen molar-refractivity contribution < 1.29 is 23.8 Å². The fourth-order valence-electron chi connectivity index (χ4n) is 2.74. The molecule has 1 atom stereocenters. The maximum absolute atomic E-state index is 12.6. The van der Waals surface area contributed by atoms with Gasteiger partial charge in [0.15, 0.2) is 0 Å². The number of hydrogen-bond donors (Lipinski definition) is 0. The molecular formula is C20H21NO5. The summed E-state index contributed by atoms with van der Waals surface area (Å²) in [6.07, 6.45) is -1.44. The van der Waals surface area contributed by atoms with E-state index in [0.29, 0.717) is 5.56 Å². The van der Waals surface area contributed by atoms with E-state index in [9.17, 15) is 9.59 Å². The van der Waals surface area contributed by atoms with Gasteiger partial charge < -0.3 is 14.2 Å². The summed E-state index contributed by atoms with van der Waals surface area (Å²) in [4.78, 5) is 26.2. The lowest BCUT2D eigenvalue weighted by Gasteiger charge is -2.31. The van der Waals surface area contributed by atoms with Crippen LogP contribution in [0.1, 0.15) is 29.8 Å². The smallest absolute Gasteiger partial charge is 0.415 e. The summed E-state index contributed by atoms with van der Waals surface area (Å²) in [5.41, 5.74) is 0.349. The third-order valence-corrected chi connectivity index (χ3v) is 4.10. The molecule has 1 unspecified atom stereocenters. The predicted molar refractivity (Wildman–Crippen MR) is 94.1 cm³/mol. The molecule has 6 heteroatoms. The van der Waals surface area contributed by atoms with Gasteiger partial charge in [-0.05, 0) is 31.5 Å². The summed E-state index contributed by atoms with van der Waals surface area (Å²) in [6.45, 7) is 3.68. The van der Waals surface area contributed by atoms with Crippen LogP contribution in [0.2, 0.25) is 0 Å². The number of amides is 1. The normalized spacial score (nSPS) is 18.4. The summed E-state index contributed by atoms with van der Waals surface area (Å²) in [6, 6.07) is 18.0. The van der Waals surface area contributed by atoms with Crippen LogP contribution >= 0.6 is 0 Å². The first-order chi connectivity index (χ1) is 12.5. The van der Waals surface area contributed by atoms with Crippen LogP contribution in [-0.2, 0) is 20.8 Å². The van der Waals surface area contributed by atoms with Gasteiger partial charge in [0.1, 0.15) is 18.9 Å². The van der Waals surface area contributed by atoms with Gasteiger partial charge in [0.25, 0.3) is 0 Å². The molecule has 1 aliphatic rings. The van der Waals surface area contributed by atoms with Gasteiger partial charge in [0, 0.05) is 0 Å². The Labute approximate surface area is 152 Å². The van der Waals surface area contributed by atoms with Crippen LogP contribution in [0.15, 0.2) is 60.7 Å². The molecular weight excluding hydrogens is 334 g/mol. The van der Waals surface area contributed by atoms with Crippen LogP contribution in [0.3, 0.4) is 0 Å². The lowest BCUT2D eigenvalue weighted by atomic mass is 10.2. The third kappa shape index (κ3) is 4.03. The molecule has 2 aromatic carbocycles. The standard InChI is InChI=1S/C20H21NO5/c1-20(2)21(19(23)24-13-15-9-5-3-6-10-15)17(14-25-20)26-18(22)16-11-7-4-8-12-16/h3-12,17H,13-14H2,1-2H3. The molecule has 0 bridgehead atoms. The number of rotatable bonds is 4. The maximum atomic E-state index is 12.6. The Hall–Kier alpha value is -2.86. The number of carbonyl (C=O) groups is 2. The number of carbonyl (C=O) groups excluding carboxylic acids is 2. The van der Waals surface area contributed by atoms with E-state index in [2.05, 4.69) is 0 Å². The first-order valence-corrected chi connectivity index (χ1v) is 8.37. The van der Waals surface area contributed by atoms with Crippen molar-refractivity contribution in [1.82, 2.24) is 4.90 Å². The number of esters is 1. The van der Waals surface area contributed by atoms with Gasteiger partial charge in [0.2, 0.25) is 6.23 Å². The Morgan fingerprint density at radius 3 is 2.35 bits per heavy atom. The van der Waals surface area contributed by atoms with Crippen LogP contribution < -0.4 is 0 Å². The van der Waals surface area contributed by atoms with E-state index >= 15 is 0 Å². The van der Waals surface area contributed by atoms with Crippen molar-refractivity contribution in [3.8, 4) is 0 Å². The quantitative estimate of drug-likeness (QED) is 0.785. The Balaban J connectivity index is 1.67. The molecule has 1 aliphatic heterocycles. The van der Waals surface area contributed by atoms with Gasteiger partial charge in [0.05, 0.1) is 5.56 Å². The van der Waals surface area contributed by atoms with E-state index in [0.717, 1.165) is 5.56 Å². The second-order valence-corrected chi connectivity index (χ2v) is 6.39. The highest BCUT2D eigenvalue weighted by Crippen LogP contribution is 2.29. The van der Waals surface area contributed by atoms with Gasteiger partial charge in [-0.1, -0.05) is 48.5 Å². The molecule has 0 spiro atoms. The molecule has 1 saturated heterocycles. The van der Waals surface area contributed by atoms with Gasteiger partial charge in [-0.2, -0.15) is 0 Å². The highest BCUT2D eigenvalue weighted by Gasteiger charge is 2.47. The topological polar surface area (TPSA) is 65.1 Å². The van der Waals surface area contributed by atoms with E-state index in [4.69, 9.17) is 14.2 Å². The molecule has 6 nitrogen and oxygen atoms in total. The minimum absolute atomic E-state index is 0.0893. The van der Waals surface area contributed by atoms with E-state index < -0.39 is 24.0 Å². The molecule has 0 aromatic heterocycles. The van der Waals surface area contributed by atoms with Gasteiger partial charge in [-0.25, -0.2) is 14.5 Å². The third-order valence-electron chi connectivity index (χ3n) is 4.10. The fourth-order valence-corrected chi connectivity index (χ4v) is 2.74. The molecule has 1 fully saturated rings. The predicted octanol–water partition coefficient (Wildman–Crippen LogP) is 3.57. The zero-order valence-corrected chi connectivity index (χ0v) is 14.8. The summed E-state index contributed by atoms with van der Waals surface area (Å²) >= 11 is 0. The Kier molecular flexibility index (Phi) is 5.23. The number of benzene rings is 2. The molecule has 3 rings (SSSR count). The Morgan fingerprint density at radius 2 is 1.69 bits per heavy atom. The Bertz CT molecular complexity index is 760. The molecule has 26 heavy (non-hydrogen) atoms. The van der Waals surface area contributed by atoms with Crippen LogP contribution in [-0.4, -0.2) is 35.5 Å². The molecule has 0 radical (unpaired) electrons. The van der Waals surface area contributed by atoms with Crippen molar-refractivity contribution >= 4 is 12.1 Å². The van der Waals surface area contributed by atoms with Crippen LogP contribution in [0, 0.1) is 0 Å². The lowest BCUT2D eigenvalue weighted by molar-refractivity contribution is -0.0662. The summed E-state index contributed by atoms with van der Waals surface area (Å²) in [5, 5.41) is 0. The second kappa shape index (κ2) is 7.58. The van der Waals surface area contributed by atoms with Gasteiger partial charge in [-0.15, -0.1) is 0 Å². The molecule has 1 heterocycles. The number of hydrogen-bond acceptors (Lipinski definition) is 5. The number of nitrogens with zero attached hydrogens (tertiary/aromatic N) is 1. The van der Waals surface area contributed by atoms with E-state index in [1.54, 1.807) is 38.1 Å². The first kappa shape index (κ1) is 17.9. The van der Waals surface area contributed by atoms with Crippen LogP contribution in [0.4, 0.5) is 4.79 Å². The number of ether oxygens (including phenoxy) is 3. The average Bonchev–Trinajstić information content (AvgIpc) is 2.95. The highest BCUT2D eigenvalue weighted by atomic mass is 16.6. The largest absolute Gasteiger partial charge is 0.444 e. The Morgan fingerprint density at radius 1 is 1.08 bits per heavy atom. The summed E-state index contributed by atoms with van der Waals surface area (Å²) in [5.74, 6) is -0.516. The molecule has 1 amide bonds. The fraction of sp³-hybridized carbons (Fsp3) is 0.300. The SMILES string of the molecule is CC1(C)OCC(OC(=O)c2ccccc2)N1C(=O)OCc1ccccc1. The first-order valence-electron chi connectivity index (χ1n) is 8.37. The molecule has 0 aliphatic carbocycles. The van der Waals surface area contributed by atoms with Crippen LogP contribution in [0.5, 0.6) is 0 Å². The van der Waals surface area contributed by atoms with Crippen molar-refractivity contribution in [3.05, 3.63) is 71.8 Å². The van der Waals surface area contributed by atoms with Gasteiger partial charge in [-0.3, -0.25) is 0 Å². The molecule has 2 aromatic rings. The summed E-state index contributed by atoms with van der Waals surface area (Å²) < 4.78 is 16.5. The summed E-state index contributed by atoms with van der Waals surface area (Å²) in [7, 11) is 0.